The second-order valence-electron chi connectivity index (χ2n) is 5.90. The zero-order valence-electron chi connectivity index (χ0n) is 15.4. The highest BCUT2D eigenvalue weighted by atomic mass is 32.2. The van der Waals surface area contributed by atoms with Crippen LogP contribution in [-0.2, 0) is 17.1 Å². The van der Waals surface area contributed by atoms with Gasteiger partial charge in [0.05, 0.1) is 27.0 Å². The molecule has 0 saturated carbocycles. The first-order valence-corrected chi connectivity index (χ1v) is 9.46. The van der Waals surface area contributed by atoms with Gasteiger partial charge in [-0.25, -0.2) is 8.42 Å². The van der Waals surface area contributed by atoms with E-state index in [0.29, 0.717) is 28.3 Å². The van der Waals surface area contributed by atoms with Crippen LogP contribution in [0, 0.1) is 0 Å². The number of aromatic nitrogens is 1. The van der Waals surface area contributed by atoms with Crippen molar-refractivity contribution >= 4 is 32.3 Å². The van der Waals surface area contributed by atoms with E-state index < -0.39 is 10.0 Å². The number of ether oxygens (including phenoxy) is 3. The van der Waals surface area contributed by atoms with Gasteiger partial charge in [0.25, 0.3) is 10.0 Å². The summed E-state index contributed by atoms with van der Waals surface area (Å²) in [6.07, 6.45) is 1.55. The Balaban J connectivity index is 2.09. The van der Waals surface area contributed by atoms with Crippen molar-refractivity contribution in [3.63, 3.8) is 0 Å². The highest BCUT2D eigenvalue weighted by Gasteiger charge is 2.22. The van der Waals surface area contributed by atoms with Crippen molar-refractivity contribution in [3.8, 4) is 17.2 Å². The fourth-order valence-electron chi connectivity index (χ4n) is 2.94. The molecule has 3 N–H and O–H groups in total. The van der Waals surface area contributed by atoms with E-state index in [1.54, 1.807) is 36.0 Å². The van der Waals surface area contributed by atoms with Crippen LogP contribution in [0.25, 0.3) is 10.9 Å². The largest absolute Gasteiger partial charge is 0.493 e. The lowest BCUT2D eigenvalue weighted by atomic mass is 10.2. The first-order valence-electron chi connectivity index (χ1n) is 7.98. The number of benzene rings is 2. The molecule has 0 bridgehead atoms. The topological polar surface area (TPSA) is 105 Å². The van der Waals surface area contributed by atoms with Gasteiger partial charge in [-0.05, 0) is 18.2 Å². The van der Waals surface area contributed by atoms with E-state index in [1.165, 1.54) is 33.5 Å². The van der Waals surface area contributed by atoms with Crippen LogP contribution in [-0.4, -0.2) is 34.3 Å². The summed E-state index contributed by atoms with van der Waals surface area (Å²) >= 11 is 0. The summed E-state index contributed by atoms with van der Waals surface area (Å²) < 4.78 is 46.1. The monoisotopic (exact) mass is 391 g/mol. The Morgan fingerprint density at radius 2 is 1.63 bits per heavy atom. The average molecular weight is 391 g/mol. The number of fused-ring (bicyclic) bond motifs is 1. The number of nitrogen functional groups attached to an aromatic ring is 1. The third kappa shape index (κ3) is 3.33. The molecule has 0 fully saturated rings. The number of hydrogen-bond acceptors (Lipinski definition) is 6. The van der Waals surface area contributed by atoms with E-state index in [9.17, 15) is 8.42 Å². The van der Waals surface area contributed by atoms with E-state index in [1.807, 2.05) is 0 Å². The van der Waals surface area contributed by atoms with Gasteiger partial charge >= 0.3 is 0 Å². The molecule has 0 atom stereocenters. The number of aryl methyl sites for hydroxylation is 1. The van der Waals surface area contributed by atoms with Crippen LogP contribution in [0.4, 0.5) is 11.4 Å². The molecule has 0 aliphatic carbocycles. The summed E-state index contributed by atoms with van der Waals surface area (Å²) in [7, 11) is 2.29. The maximum Gasteiger partial charge on any atom is 0.264 e. The minimum atomic E-state index is -3.88. The summed E-state index contributed by atoms with van der Waals surface area (Å²) in [5.41, 5.74) is 7.36. The number of anilines is 2. The lowest BCUT2D eigenvalue weighted by Gasteiger charge is -2.15. The SMILES string of the molecule is COc1cc(NS(=O)(=O)c2cn(C)c3ccc(N)cc23)cc(OC)c1OC. The Kier molecular flexibility index (Phi) is 4.79. The number of methoxy groups -OCH3 is 3. The lowest BCUT2D eigenvalue weighted by molar-refractivity contribution is 0.325. The lowest BCUT2D eigenvalue weighted by Crippen LogP contribution is -2.13. The predicted molar refractivity (Wildman–Crippen MR) is 104 cm³/mol. The van der Waals surface area contributed by atoms with Crippen LogP contribution in [0.5, 0.6) is 17.2 Å². The van der Waals surface area contributed by atoms with Gasteiger partial charge in [0.15, 0.2) is 11.5 Å². The molecule has 0 amide bonds. The minimum Gasteiger partial charge on any atom is -0.493 e. The molecule has 9 heteroatoms. The number of nitrogens with zero attached hydrogens (tertiary/aromatic N) is 1. The molecule has 144 valence electrons. The van der Waals surface area contributed by atoms with Gasteiger partial charge in [-0.3, -0.25) is 4.72 Å². The smallest absolute Gasteiger partial charge is 0.264 e. The number of nitrogens with two attached hydrogens (primary N) is 1. The quantitative estimate of drug-likeness (QED) is 0.626. The van der Waals surface area contributed by atoms with Crippen molar-refractivity contribution in [2.75, 3.05) is 31.8 Å². The Hall–Kier alpha value is -3.07. The molecule has 2 aromatic carbocycles. The molecule has 0 spiro atoms. The fraction of sp³-hybridized carbons (Fsp3) is 0.222. The summed E-state index contributed by atoms with van der Waals surface area (Å²) in [6, 6.07) is 8.20. The minimum absolute atomic E-state index is 0.126. The van der Waals surface area contributed by atoms with E-state index in [-0.39, 0.29) is 10.6 Å². The van der Waals surface area contributed by atoms with Gasteiger partial charge in [0.1, 0.15) is 4.90 Å². The summed E-state index contributed by atoms with van der Waals surface area (Å²) in [4.78, 5) is 0.126. The maximum absolute atomic E-state index is 13.0. The molecule has 3 aromatic rings. The molecule has 0 radical (unpaired) electrons. The summed E-state index contributed by atoms with van der Waals surface area (Å²) in [6.45, 7) is 0. The highest BCUT2D eigenvalue weighted by molar-refractivity contribution is 7.93. The van der Waals surface area contributed by atoms with Gasteiger partial charge in [-0.15, -0.1) is 0 Å². The number of rotatable bonds is 6. The van der Waals surface area contributed by atoms with E-state index >= 15 is 0 Å². The average Bonchev–Trinajstić information content (AvgIpc) is 2.97. The Bertz CT molecular complexity index is 1080. The van der Waals surface area contributed by atoms with Gasteiger partial charge < -0.3 is 24.5 Å². The van der Waals surface area contributed by atoms with Crippen molar-refractivity contribution in [2.45, 2.75) is 4.90 Å². The number of nitrogens with one attached hydrogen (secondary N) is 1. The maximum atomic E-state index is 13.0. The predicted octanol–water partition coefficient (Wildman–Crippen LogP) is 2.59. The highest BCUT2D eigenvalue weighted by Crippen LogP contribution is 2.40. The van der Waals surface area contributed by atoms with E-state index in [0.717, 1.165) is 5.52 Å². The zero-order chi connectivity index (χ0) is 19.8. The second kappa shape index (κ2) is 6.92. The Morgan fingerprint density at radius 3 is 2.19 bits per heavy atom. The first kappa shape index (κ1) is 18.7. The molecule has 0 saturated heterocycles. The van der Waals surface area contributed by atoms with Crippen LogP contribution < -0.4 is 24.7 Å². The van der Waals surface area contributed by atoms with E-state index in [2.05, 4.69) is 4.72 Å². The first-order chi connectivity index (χ1) is 12.8. The molecule has 0 unspecified atom stereocenters. The third-order valence-corrected chi connectivity index (χ3v) is 5.59. The van der Waals surface area contributed by atoms with Crippen LogP contribution >= 0.6 is 0 Å². The summed E-state index contributed by atoms with van der Waals surface area (Å²) in [5.74, 6) is 1.06. The van der Waals surface area contributed by atoms with Crippen LogP contribution in [0.3, 0.4) is 0 Å². The molecule has 1 heterocycles. The molecule has 3 rings (SSSR count). The van der Waals surface area contributed by atoms with Crippen LogP contribution in [0.1, 0.15) is 0 Å². The van der Waals surface area contributed by atoms with Crippen molar-refractivity contribution in [3.05, 3.63) is 36.5 Å². The van der Waals surface area contributed by atoms with Crippen molar-refractivity contribution in [2.24, 2.45) is 7.05 Å². The molecular formula is C18H21N3O5S. The standard InChI is InChI=1S/C18H21N3O5S/c1-21-10-17(13-7-11(19)5-6-14(13)21)27(22,23)20-12-8-15(24-2)18(26-4)16(9-12)25-3/h5-10,20H,19H2,1-4H3. The van der Waals surface area contributed by atoms with Crippen molar-refractivity contribution in [1.82, 2.24) is 4.57 Å². The van der Waals surface area contributed by atoms with Gasteiger partial charge in [0.2, 0.25) is 5.75 Å². The molecule has 8 nitrogen and oxygen atoms in total. The normalized spacial score (nSPS) is 11.4. The van der Waals surface area contributed by atoms with Gasteiger partial charge in [-0.2, -0.15) is 0 Å². The number of hydrogen-bond donors (Lipinski definition) is 2. The zero-order valence-corrected chi connectivity index (χ0v) is 16.3. The summed E-state index contributed by atoms with van der Waals surface area (Å²) in [5, 5.41) is 0.539. The second-order valence-corrected chi connectivity index (χ2v) is 7.55. The van der Waals surface area contributed by atoms with Crippen molar-refractivity contribution in [1.29, 1.82) is 0 Å². The molecule has 27 heavy (non-hydrogen) atoms. The molecular weight excluding hydrogens is 370 g/mol. The molecule has 0 aliphatic heterocycles. The number of sulfonamides is 1. The van der Waals surface area contributed by atoms with Crippen LogP contribution in [0.2, 0.25) is 0 Å². The van der Waals surface area contributed by atoms with E-state index in [4.69, 9.17) is 19.9 Å². The third-order valence-electron chi connectivity index (χ3n) is 4.18. The molecule has 0 aliphatic rings. The Morgan fingerprint density at radius 1 is 1.00 bits per heavy atom. The van der Waals surface area contributed by atoms with Gasteiger partial charge in [-0.1, -0.05) is 0 Å². The van der Waals surface area contributed by atoms with Crippen LogP contribution in [0.15, 0.2) is 41.4 Å². The van der Waals surface area contributed by atoms with Gasteiger partial charge in [0, 0.05) is 42.0 Å². The fourth-order valence-corrected chi connectivity index (χ4v) is 4.23. The van der Waals surface area contributed by atoms with Crippen molar-refractivity contribution < 1.29 is 22.6 Å². The molecule has 1 aromatic heterocycles. The Labute approximate surface area is 157 Å².